The smallest absolute Gasteiger partial charge is 0.293 e. The first-order chi connectivity index (χ1) is 5.52. The zero-order valence-electron chi connectivity index (χ0n) is 5.75. The minimum absolute atomic E-state index is 0.0925. The maximum absolute atomic E-state index is 10.4. The van der Waals surface area contributed by atoms with Gasteiger partial charge in [-0.3, -0.25) is 10.1 Å². The van der Waals surface area contributed by atoms with Gasteiger partial charge in [-0.1, -0.05) is 0 Å². The molecule has 4 nitrogen and oxygen atoms in total. The van der Waals surface area contributed by atoms with Crippen molar-refractivity contribution in [3.8, 4) is 0 Å². The number of nitrogen functional groups attached to an aromatic ring is 1. The molecule has 0 unspecified atom stereocenters. The molecule has 1 aromatic rings. The first kappa shape index (κ1) is 9.47. The lowest BCUT2D eigenvalue weighted by Gasteiger charge is -1.99. The fourth-order valence-corrected chi connectivity index (χ4v) is 1.40. The lowest BCUT2D eigenvalue weighted by atomic mass is 10.3. The second-order valence-corrected chi connectivity index (χ2v) is 3.79. The minimum atomic E-state index is -0.521. The summed E-state index contributed by atoms with van der Waals surface area (Å²) in [7, 11) is 0. The largest absolute Gasteiger partial charge is 0.393 e. The number of nitrogens with two attached hydrogens (primary N) is 1. The molecule has 0 heterocycles. The van der Waals surface area contributed by atoms with Crippen molar-refractivity contribution in [2.45, 2.75) is 0 Å². The molecule has 2 N–H and O–H groups in total. The molecule has 64 valence electrons. The van der Waals surface area contributed by atoms with Gasteiger partial charge < -0.3 is 5.73 Å². The zero-order chi connectivity index (χ0) is 9.30. The third-order valence-corrected chi connectivity index (χ3v) is 3.11. The van der Waals surface area contributed by atoms with Crippen LogP contribution in [0.25, 0.3) is 0 Å². The number of anilines is 1. The van der Waals surface area contributed by atoms with Crippen LogP contribution in [0.1, 0.15) is 0 Å². The van der Waals surface area contributed by atoms with E-state index in [1.165, 1.54) is 12.1 Å². The van der Waals surface area contributed by atoms with Gasteiger partial charge in [0.2, 0.25) is 0 Å². The third-order valence-electron chi connectivity index (χ3n) is 1.27. The maximum atomic E-state index is 10.4. The van der Waals surface area contributed by atoms with E-state index in [9.17, 15) is 10.1 Å². The van der Waals surface area contributed by atoms with Crippen LogP contribution < -0.4 is 5.73 Å². The normalized spacial score (nSPS) is 9.83. The van der Waals surface area contributed by atoms with Crippen molar-refractivity contribution in [3.05, 3.63) is 31.2 Å². The van der Waals surface area contributed by atoms with Crippen LogP contribution >= 0.6 is 31.9 Å². The Morgan fingerprint density at radius 1 is 1.33 bits per heavy atom. The first-order valence-electron chi connectivity index (χ1n) is 2.91. The lowest BCUT2D eigenvalue weighted by Crippen LogP contribution is -1.95. The van der Waals surface area contributed by atoms with Gasteiger partial charge in [0.1, 0.15) is 5.69 Å². The zero-order valence-corrected chi connectivity index (χ0v) is 8.92. The number of hydrogen-bond donors (Lipinski definition) is 1. The standard InChI is InChI=1S/C6H4Br2N2O2/c7-3-1-5(9)6(10(11)12)2-4(3)8/h1-2H,9H2. The average Bonchev–Trinajstić information content (AvgIpc) is 1.96. The Hall–Kier alpha value is -0.620. The van der Waals surface area contributed by atoms with Crippen LogP contribution in [0.4, 0.5) is 11.4 Å². The second-order valence-electron chi connectivity index (χ2n) is 2.08. The van der Waals surface area contributed by atoms with Gasteiger partial charge in [0.25, 0.3) is 5.69 Å². The van der Waals surface area contributed by atoms with Gasteiger partial charge in [0, 0.05) is 15.0 Å². The van der Waals surface area contributed by atoms with Crippen LogP contribution in [0.5, 0.6) is 0 Å². The predicted octanol–water partition coefficient (Wildman–Crippen LogP) is 2.70. The topological polar surface area (TPSA) is 69.2 Å². The van der Waals surface area contributed by atoms with Gasteiger partial charge in [-0.25, -0.2) is 0 Å². The number of nitrogens with zero attached hydrogens (tertiary/aromatic N) is 1. The van der Waals surface area contributed by atoms with E-state index in [2.05, 4.69) is 31.9 Å². The Morgan fingerprint density at radius 2 is 1.83 bits per heavy atom. The van der Waals surface area contributed by atoms with Gasteiger partial charge in [-0.05, 0) is 37.9 Å². The number of nitro groups is 1. The molecule has 0 fully saturated rings. The molecule has 1 rings (SSSR count). The lowest BCUT2D eigenvalue weighted by molar-refractivity contribution is -0.384. The highest BCUT2D eigenvalue weighted by Gasteiger charge is 2.13. The summed E-state index contributed by atoms with van der Waals surface area (Å²) < 4.78 is 1.31. The molecule has 0 aliphatic rings. The van der Waals surface area contributed by atoms with Gasteiger partial charge in [0.15, 0.2) is 0 Å². The van der Waals surface area contributed by atoms with Gasteiger partial charge >= 0.3 is 0 Å². The van der Waals surface area contributed by atoms with Crippen molar-refractivity contribution >= 4 is 43.2 Å². The van der Waals surface area contributed by atoms with Crippen molar-refractivity contribution < 1.29 is 4.92 Å². The van der Waals surface area contributed by atoms with E-state index in [1.54, 1.807) is 0 Å². The molecule has 0 amide bonds. The molecular weight excluding hydrogens is 292 g/mol. The van der Waals surface area contributed by atoms with Crippen molar-refractivity contribution in [1.82, 2.24) is 0 Å². The first-order valence-corrected chi connectivity index (χ1v) is 4.50. The second kappa shape index (κ2) is 3.40. The molecule has 0 radical (unpaired) electrons. The van der Waals surface area contributed by atoms with E-state index >= 15 is 0 Å². The van der Waals surface area contributed by atoms with E-state index in [0.29, 0.717) is 8.95 Å². The Balaban J connectivity index is 3.33. The third kappa shape index (κ3) is 1.75. The summed E-state index contributed by atoms with van der Waals surface area (Å²) in [5.41, 5.74) is 5.45. The highest BCUT2D eigenvalue weighted by Crippen LogP contribution is 2.32. The Labute approximate surface area is 85.2 Å². The van der Waals surface area contributed by atoms with E-state index in [4.69, 9.17) is 5.73 Å². The average molecular weight is 296 g/mol. The summed E-state index contributed by atoms with van der Waals surface area (Å²) >= 11 is 6.32. The molecular formula is C6H4Br2N2O2. The molecule has 12 heavy (non-hydrogen) atoms. The SMILES string of the molecule is Nc1cc(Br)c(Br)cc1[N+](=O)[O-]. The molecule has 0 saturated carbocycles. The van der Waals surface area contributed by atoms with Crippen LogP contribution in [-0.4, -0.2) is 4.92 Å². The summed E-state index contributed by atoms with van der Waals surface area (Å²) in [6.07, 6.45) is 0. The number of halogens is 2. The van der Waals surface area contributed by atoms with Crippen molar-refractivity contribution in [1.29, 1.82) is 0 Å². The number of nitro benzene ring substituents is 1. The fraction of sp³-hybridized carbons (Fsp3) is 0. The summed E-state index contributed by atoms with van der Waals surface area (Å²) in [6, 6.07) is 2.85. The number of benzene rings is 1. The van der Waals surface area contributed by atoms with Crippen LogP contribution in [-0.2, 0) is 0 Å². The van der Waals surface area contributed by atoms with Crippen LogP contribution in [0.15, 0.2) is 21.1 Å². The molecule has 1 aromatic carbocycles. The molecule has 0 aromatic heterocycles. The van der Waals surface area contributed by atoms with Gasteiger partial charge in [0.05, 0.1) is 4.92 Å². The van der Waals surface area contributed by atoms with Crippen molar-refractivity contribution in [3.63, 3.8) is 0 Å². The molecule has 0 atom stereocenters. The molecule has 0 spiro atoms. The quantitative estimate of drug-likeness (QED) is 0.492. The monoisotopic (exact) mass is 294 g/mol. The minimum Gasteiger partial charge on any atom is -0.393 e. The highest BCUT2D eigenvalue weighted by atomic mass is 79.9. The number of hydrogen-bond acceptors (Lipinski definition) is 3. The van der Waals surface area contributed by atoms with E-state index in [0.717, 1.165) is 0 Å². The van der Waals surface area contributed by atoms with Gasteiger partial charge in [-0.15, -0.1) is 0 Å². The summed E-state index contributed by atoms with van der Waals surface area (Å²) in [5, 5.41) is 10.4. The molecule has 0 bridgehead atoms. The van der Waals surface area contributed by atoms with Crippen molar-refractivity contribution in [2.75, 3.05) is 5.73 Å². The van der Waals surface area contributed by atoms with E-state index < -0.39 is 4.92 Å². The highest BCUT2D eigenvalue weighted by molar-refractivity contribution is 9.13. The summed E-state index contributed by atoms with van der Waals surface area (Å²) in [6.45, 7) is 0. The molecule has 6 heteroatoms. The Bertz CT molecular complexity index is 341. The van der Waals surface area contributed by atoms with Crippen LogP contribution in [0.3, 0.4) is 0 Å². The maximum Gasteiger partial charge on any atom is 0.293 e. The van der Waals surface area contributed by atoms with E-state index in [-0.39, 0.29) is 11.4 Å². The summed E-state index contributed by atoms with van der Waals surface area (Å²) in [4.78, 5) is 9.85. The fourth-order valence-electron chi connectivity index (χ4n) is 0.710. The predicted molar refractivity (Wildman–Crippen MR) is 52.9 cm³/mol. The molecule has 0 aliphatic carbocycles. The molecule has 0 aliphatic heterocycles. The number of rotatable bonds is 1. The molecule has 0 saturated heterocycles. The van der Waals surface area contributed by atoms with Crippen LogP contribution in [0, 0.1) is 10.1 Å². The van der Waals surface area contributed by atoms with Gasteiger partial charge in [-0.2, -0.15) is 0 Å². The Morgan fingerprint density at radius 3 is 2.33 bits per heavy atom. The Kier molecular flexibility index (Phi) is 2.69. The van der Waals surface area contributed by atoms with Crippen molar-refractivity contribution in [2.24, 2.45) is 0 Å². The van der Waals surface area contributed by atoms with Crippen LogP contribution in [0.2, 0.25) is 0 Å². The summed E-state index contributed by atoms with van der Waals surface area (Å²) in [5.74, 6) is 0. The van der Waals surface area contributed by atoms with E-state index in [1.807, 2.05) is 0 Å².